The van der Waals surface area contributed by atoms with Crippen molar-refractivity contribution in [2.75, 3.05) is 7.11 Å². The highest BCUT2D eigenvalue weighted by atomic mass is 32.1. The van der Waals surface area contributed by atoms with Crippen LogP contribution in [-0.4, -0.2) is 12.1 Å². The Hall–Kier alpha value is -1.55. The molecule has 0 atom stereocenters. The van der Waals surface area contributed by atoms with Crippen LogP contribution >= 0.6 is 12.2 Å². The van der Waals surface area contributed by atoms with Crippen LogP contribution in [0, 0.1) is 4.84 Å². The molecule has 0 fully saturated rings. The summed E-state index contributed by atoms with van der Waals surface area (Å²) in [4.78, 5) is 3.31. The molecule has 0 unspecified atom stereocenters. The molecule has 2 rings (SSSR count). The standard InChI is InChI=1S/C10H9NO2S/c1-12-8-4-2-3-7(5-8)9-6-13-10(14)11-9/h2-6H,1H3,(H,11,14). The number of aromatic nitrogens is 1. The molecule has 1 aromatic heterocycles. The molecule has 0 aliphatic carbocycles. The number of ether oxygens (including phenoxy) is 1. The second kappa shape index (κ2) is 3.67. The predicted octanol–water partition coefficient (Wildman–Crippen LogP) is 3.01. The first-order valence-corrected chi connectivity index (χ1v) is 4.52. The topological polar surface area (TPSA) is 38.2 Å². The zero-order valence-corrected chi connectivity index (χ0v) is 8.43. The molecule has 0 saturated carbocycles. The number of methoxy groups -OCH3 is 1. The fourth-order valence-electron chi connectivity index (χ4n) is 1.21. The van der Waals surface area contributed by atoms with Crippen LogP contribution in [0.4, 0.5) is 0 Å². The highest BCUT2D eigenvalue weighted by Crippen LogP contribution is 2.22. The van der Waals surface area contributed by atoms with Gasteiger partial charge in [0, 0.05) is 5.56 Å². The molecule has 0 bridgehead atoms. The van der Waals surface area contributed by atoms with Crippen LogP contribution in [0.3, 0.4) is 0 Å². The van der Waals surface area contributed by atoms with E-state index in [-0.39, 0.29) is 0 Å². The van der Waals surface area contributed by atoms with Crippen LogP contribution in [0.15, 0.2) is 34.9 Å². The van der Waals surface area contributed by atoms with Gasteiger partial charge in [0.2, 0.25) is 0 Å². The van der Waals surface area contributed by atoms with Gasteiger partial charge < -0.3 is 14.1 Å². The van der Waals surface area contributed by atoms with E-state index in [4.69, 9.17) is 21.4 Å². The Bertz CT molecular complexity index is 487. The summed E-state index contributed by atoms with van der Waals surface area (Å²) < 4.78 is 10.1. The number of hydrogen-bond donors (Lipinski definition) is 1. The molecule has 3 nitrogen and oxygen atoms in total. The maximum atomic E-state index is 5.11. The van der Waals surface area contributed by atoms with Crippen molar-refractivity contribution in [2.24, 2.45) is 0 Å². The van der Waals surface area contributed by atoms with Crippen molar-refractivity contribution in [3.8, 4) is 17.0 Å². The largest absolute Gasteiger partial charge is 0.497 e. The first kappa shape index (κ1) is 9.02. The van der Waals surface area contributed by atoms with E-state index in [0.717, 1.165) is 17.0 Å². The summed E-state index contributed by atoms with van der Waals surface area (Å²) in [7, 11) is 1.64. The first-order chi connectivity index (χ1) is 6.79. The number of H-pyrrole nitrogens is 1. The van der Waals surface area contributed by atoms with Crippen molar-refractivity contribution in [3.05, 3.63) is 35.4 Å². The first-order valence-electron chi connectivity index (χ1n) is 4.12. The van der Waals surface area contributed by atoms with Gasteiger partial charge in [-0.15, -0.1) is 0 Å². The Kier molecular flexibility index (Phi) is 2.37. The highest BCUT2D eigenvalue weighted by Gasteiger charge is 2.01. The number of benzene rings is 1. The van der Waals surface area contributed by atoms with E-state index >= 15 is 0 Å². The minimum atomic E-state index is 0.378. The molecule has 2 aromatic rings. The number of hydrogen-bond acceptors (Lipinski definition) is 3. The zero-order valence-electron chi connectivity index (χ0n) is 7.61. The highest BCUT2D eigenvalue weighted by molar-refractivity contribution is 7.71. The molecular formula is C10H9NO2S. The molecule has 0 radical (unpaired) electrons. The van der Waals surface area contributed by atoms with Gasteiger partial charge in [-0.1, -0.05) is 12.1 Å². The third-order valence-electron chi connectivity index (χ3n) is 1.90. The number of aromatic amines is 1. The lowest BCUT2D eigenvalue weighted by Gasteiger charge is -2.00. The average Bonchev–Trinajstić information content (AvgIpc) is 2.65. The zero-order chi connectivity index (χ0) is 9.97. The molecule has 0 saturated heterocycles. The monoisotopic (exact) mass is 207 g/mol. The SMILES string of the molecule is COc1cccc(-c2coc(=S)[nH]2)c1. The van der Waals surface area contributed by atoms with Gasteiger partial charge in [0.25, 0.3) is 4.84 Å². The Morgan fingerprint density at radius 2 is 2.29 bits per heavy atom. The van der Waals surface area contributed by atoms with Crippen molar-refractivity contribution in [1.29, 1.82) is 0 Å². The third kappa shape index (κ3) is 1.70. The van der Waals surface area contributed by atoms with E-state index < -0.39 is 0 Å². The molecular weight excluding hydrogens is 198 g/mol. The van der Waals surface area contributed by atoms with Crippen LogP contribution < -0.4 is 4.74 Å². The van der Waals surface area contributed by atoms with Crippen LogP contribution in [0.25, 0.3) is 11.3 Å². The molecule has 1 heterocycles. The van der Waals surface area contributed by atoms with Crippen molar-refractivity contribution in [1.82, 2.24) is 4.98 Å². The van der Waals surface area contributed by atoms with Gasteiger partial charge in [-0.3, -0.25) is 0 Å². The molecule has 0 aliphatic heterocycles. The van der Waals surface area contributed by atoms with E-state index in [9.17, 15) is 0 Å². The van der Waals surface area contributed by atoms with Crippen LogP contribution in [0.1, 0.15) is 0 Å². The molecule has 1 aromatic carbocycles. The van der Waals surface area contributed by atoms with Gasteiger partial charge >= 0.3 is 0 Å². The van der Waals surface area contributed by atoms with Crippen LogP contribution in [0.5, 0.6) is 5.75 Å². The predicted molar refractivity (Wildman–Crippen MR) is 55.9 cm³/mol. The van der Waals surface area contributed by atoms with E-state index in [1.165, 1.54) is 0 Å². The minimum Gasteiger partial charge on any atom is -0.497 e. The Morgan fingerprint density at radius 3 is 2.93 bits per heavy atom. The normalized spacial score (nSPS) is 10.1. The molecule has 72 valence electrons. The lowest BCUT2D eigenvalue weighted by Crippen LogP contribution is -1.83. The number of nitrogens with one attached hydrogen (secondary N) is 1. The van der Waals surface area contributed by atoms with E-state index in [1.54, 1.807) is 13.4 Å². The third-order valence-corrected chi connectivity index (χ3v) is 2.10. The lowest BCUT2D eigenvalue weighted by molar-refractivity contribution is 0.415. The quantitative estimate of drug-likeness (QED) is 0.769. The van der Waals surface area contributed by atoms with E-state index in [2.05, 4.69) is 4.98 Å². The maximum Gasteiger partial charge on any atom is 0.266 e. The van der Waals surface area contributed by atoms with Gasteiger partial charge in [0.05, 0.1) is 12.8 Å². The molecule has 0 spiro atoms. The van der Waals surface area contributed by atoms with Gasteiger partial charge in [-0.25, -0.2) is 0 Å². The fraction of sp³-hybridized carbons (Fsp3) is 0.100. The molecule has 0 aliphatic rings. The smallest absolute Gasteiger partial charge is 0.266 e. The molecule has 1 N–H and O–H groups in total. The summed E-state index contributed by atoms with van der Waals surface area (Å²) in [5.74, 6) is 0.808. The van der Waals surface area contributed by atoms with Crippen molar-refractivity contribution in [3.63, 3.8) is 0 Å². The van der Waals surface area contributed by atoms with Gasteiger partial charge in [-0.2, -0.15) is 0 Å². The fourth-order valence-corrected chi connectivity index (χ4v) is 1.37. The van der Waals surface area contributed by atoms with Gasteiger partial charge in [-0.05, 0) is 24.4 Å². The van der Waals surface area contributed by atoms with Crippen molar-refractivity contribution < 1.29 is 9.15 Å². The summed E-state index contributed by atoms with van der Waals surface area (Å²) in [6, 6.07) is 7.67. The second-order valence-corrected chi connectivity index (χ2v) is 3.16. The molecule has 4 heteroatoms. The average molecular weight is 207 g/mol. The van der Waals surface area contributed by atoms with Crippen LogP contribution in [0.2, 0.25) is 0 Å². The summed E-state index contributed by atoms with van der Waals surface area (Å²) in [6.07, 6.45) is 1.59. The lowest BCUT2D eigenvalue weighted by atomic mass is 10.2. The van der Waals surface area contributed by atoms with Gasteiger partial charge in [0.15, 0.2) is 0 Å². The molecule has 14 heavy (non-hydrogen) atoms. The van der Waals surface area contributed by atoms with Gasteiger partial charge in [0.1, 0.15) is 12.0 Å². The summed E-state index contributed by atoms with van der Waals surface area (Å²) in [5, 5.41) is 0. The van der Waals surface area contributed by atoms with Crippen molar-refractivity contribution >= 4 is 12.2 Å². The maximum absolute atomic E-state index is 5.11. The number of rotatable bonds is 2. The second-order valence-electron chi connectivity index (χ2n) is 2.79. The Morgan fingerprint density at radius 1 is 1.43 bits per heavy atom. The summed E-state index contributed by atoms with van der Waals surface area (Å²) in [5.41, 5.74) is 1.85. The molecule has 0 amide bonds. The van der Waals surface area contributed by atoms with E-state index in [0.29, 0.717) is 4.84 Å². The van der Waals surface area contributed by atoms with E-state index in [1.807, 2.05) is 24.3 Å². The Labute approximate surface area is 86.3 Å². The van der Waals surface area contributed by atoms with Crippen molar-refractivity contribution in [2.45, 2.75) is 0 Å². The summed E-state index contributed by atoms with van der Waals surface area (Å²) >= 11 is 4.84. The van der Waals surface area contributed by atoms with Crippen LogP contribution in [-0.2, 0) is 0 Å². The minimum absolute atomic E-state index is 0.378. The summed E-state index contributed by atoms with van der Waals surface area (Å²) in [6.45, 7) is 0. The Balaban J connectivity index is 2.46. The number of oxazole rings is 1.